The molecule has 0 saturated heterocycles. The molecule has 2 N–H and O–H groups in total. The molecule has 0 atom stereocenters. The number of nitrogens with zero attached hydrogens (tertiary/aromatic N) is 1. The molecule has 152 valence electrons. The number of carbonyl (C=O) groups is 1. The molecule has 4 aromatic rings. The Morgan fingerprint density at radius 2 is 1.70 bits per heavy atom. The Morgan fingerprint density at radius 3 is 2.40 bits per heavy atom. The van der Waals surface area contributed by atoms with Crippen LogP contribution in [0.15, 0.2) is 77.7 Å². The maximum Gasteiger partial charge on any atom is 0.261 e. The summed E-state index contributed by atoms with van der Waals surface area (Å²) < 4.78 is 33.5. The van der Waals surface area contributed by atoms with Crippen LogP contribution in [0, 0.1) is 0 Å². The number of aromatic nitrogens is 1. The third kappa shape index (κ3) is 4.12. The number of hydrogen-bond donors (Lipinski definition) is 2. The molecule has 7 nitrogen and oxygen atoms in total. The van der Waals surface area contributed by atoms with Gasteiger partial charge in [-0.3, -0.25) is 14.8 Å². The van der Waals surface area contributed by atoms with Crippen LogP contribution in [0.1, 0.15) is 10.4 Å². The van der Waals surface area contributed by atoms with Crippen LogP contribution in [-0.2, 0) is 10.0 Å². The van der Waals surface area contributed by atoms with E-state index in [0.29, 0.717) is 27.6 Å². The van der Waals surface area contributed by atoms with Gasteiger partial charge in [0.2, 0.25) is 0 Å². The van der Waals surface area contributed by atoms with Crippen molar-refractivity contribution in [2.24, 2.45) is 0 Å². The Bertz CT molecular complexity index is 1300. The van der Waals surface area contributed by atoms with E-state index >= 15 is 0 Å². The molecule has 0 aliphatic carbocycles. The van der Waals surface area contributed by atoms with Crippen LogP contribution in [0.5, 0.6) is 5.75 Å². The summed E-state index contributed by atoms with van der Waals surface area (Å²) in [6.45, 7) is 0. The van der Waals surface area contributed by atoms with Crippen molar-refractivity contribution in [3.8, 4) is 5.75 Å². The zero-order chi connectivity index (χ0) is 21.1. The normalized spacial score (nSPS) is 11.2. The van der Waals surface area contributed by atoms with Gasteiger partial charge in [0, 0.05) is 11.3 Å². The smallest absolute Gasteiger partial charge is 0.261 e. The predicted octanol–water partition coefficient (Wildman–Crippen LogP) is 4.36. The number of methoxy groups -OCH3 is 1. The number of anilines is 2. The van der Waals surface area contributed by atoms with Gasteiger partial charge in [0.25, 0.3) is 15.9 Å². The second kappa shape index (κ2) is 8.13. The van der Waals surface area contributed by atoms with Crippen molar-refractivity contribution in [3.63, 3.8) is 0 Å². The minimum absolute atomic E-state index is 0.165. The first-order chi connectivity index (χ1) is 14.5. The van der Waals surface area contributed by atoms with E-state index in [1.165, 1.54) is 35.6 Å². The Morgan fingerprint density at radius 1 is 0.967 bits per heavy atom. The quantitative estimate of drug-likeness (QED) is 0.465. The van der Waals surface area contributed by atoms with Gasteiger partial charge in [0.05, 0.1) is 16.7 Å². The fraction of sp³-hybridized carbons (Fsp3) is 0.0476. The van der Waals surface area contributed by atoms with Crippen molar-refractivity contribution >= 4 is 48.3 Å². The van der Waals surface area contributed by atoms with Gasteiger partial charge in [-0.2, -0.15) is 0 Å². The molecule has 9 heteroatoms. The Hall–Kier alpha value is -3.43. The van der Waals surface area contributed by atoms with Gasteiger partial charge in [0.1, 0.15) is 11.3 Å². The fourth-order valence-electron chi connectivity index (χ4n) is 2.81. The van der Waals surface area contributed by atoms with Crippen LogP contribution >= 0.6 is 11.3 Å². The lowest BCUT2D eigenvalue weighted by Gasteiger charge is -2.08. The SMILES string of the molecule is COc1cccc2sc(NC(=O)c3ccc(NS(=O)(=O)c4ccccc4)cc3)nc12. The minimum Gasteiger partial charge on any atom is -0.494 e. The van der Waals surface area contributed by atoms with E-state index in [-0.39, 0.29) is 10.8 Å². The number of benzene rings is 3. The van der Waals surface area contributed by atoms with E-state index in [4.69, 9.17) is 4.74 Å². The average molecular weight is 440 g/mol. The van der Waals surface area contributed by atoms with Crippen LogP contribution in [-0.4, -0.2) is 26.4 Å². The zero-order valence-electron chi connectivity index (χ0n) is 15.8. The molecule has 0 fully saturated rings. The van der Waals surface area contributed by atoms with E-state index in [2.05, 4.69) is 15.0 Å². The van der Waals surface area contributed by atoms with E-state index in [0.717, 1.165) is 4.70 Å². The second-order valence-corrected chi connectivity index (χ2v) is 8.99. The van der Waals surface area contributed by atoms with Gasteiger partial charge < -0.3 is 4.74 Å². The van der Waals surface area contributed by atoms with Crippen molar-refractivity contribution in [3.05, 3.63) is 78.4 Å². The van der Waals surface area contributed by atoms with Crippen LogP contribution in [0.4, 0.5) is 10.8 Å². The molecule has 0 saturated carbocycles. The summed E-state index contributed by atoms with van der Waals surface area (Å²) in [5, 5.41) is 3.22. The van der Waals surface area contributed by atoms with Crippen LogP contribution in [0.3, 0.4) is 0 Å². The number of thiazole rings is 1. The van der Waals surface area contributed by atoms with Crippen molar-refractivity contribution in [1.82, 2.24) is 4.98 Å². The lowest BCUT2D eigenvalue weighted by Crippen LogP contribution is -2.14. The van der Waals surface area contributed by atoms with E-state index in [1.54, 1.807) is 37.4 Å². The van der Waals surface area contributed by atoms with Crippen molar-refractivity contribution < 1.29 is 17.9 Å². The Balaban J connectivity index is 1.48. The highest BCUT2D eigenvalue weighted by Gasteiger charge is 2.15. The molecule has 30 heavy (non-hydrogen) atoms. The summed E-state index contributed by atoms with van der Waals surface area (Å²) in [6, 6.07) is 19.8. The highest BCUT2D eigenvalue weighted by atomic mass is 32.2. The Labute approximate surface area is 177 Å². The number of carbonyl (C=O) groups excluding carboxylic acids is 1. The molecule has 1 amide bonds. The number of hydrogen-bond acceptors (Lipinski definition) is 6. The molecule has 3 aromatic carbocycles. The monoisotopic (exact) mass is 439 g/mol. The van der Waals surface area contributed by atoms with Crippen molar-refractivity contribution in [2.75, 3.05) is 17.1 Å². The third-order valence-corrected chi connectivity index (χ3v) is 6.61. The fourth-order valence-corrected chi connectivity index (χ4v) is 4.77. The maximum atomic E-state index is 12.5. The Kier molecular flexibility index (Phi) is 5.39. The highest BCUT2D eigenvalue weighted by molar-refractivity contribution is 7.92. The molecular formula is C21H17N3O4S2. The molecule has 0 aliphatic rings. The molecule has 4 rings (SSSR count). The molecule has 0 unspecified atom stereocenters. The van der Waals surface area contributed by atoms with E-state index in [1.807, 2.05) is 18.2 Å². The van der Waals surface area contributed by atoms with Gasteiger partial charge in [-0.25, -0.2) is 13.4 Å². The molecule has 1 aromatic heterocycles. The first-order valence-electron chi connectivity index (χ1n) is 8.89. The summed E-state index contributed by atoms with van der Waals surface area (Å²) in [7, 11) is -2.12. The van der Waals surface area contributed by atoms with E-state index < -0.39 is 10.0 Å². The third-order valence-electron chi connectivity index (χ3n) is 4.28. The van der Waals surface area contributed by atoms with Gasteiger partial charge in [-0.15, -0.1) is 0 Å². The first-order valence-corrected chi connectivity index (χ1v) is 11.2. The average Bonchev–Trinajstić information content (AvgIpc) is 3.17. The van der Waals surface area contributed by atoms with Gasteiger partial charge in [0.15, 0.2) is 5.13 Å². The summed E-state index contributed by atoms with van der Waals surface area (Å²) in [5.74, 6) is 0.296. The molecular weight excluding hydrogens is 422 g/mol. The zero-order valence-corrected chi connectivity index (χ0v) is 17.5. The minimum atomic E-state index is -3.69. The number of sulfonamides is 1. The maximum absolute atomic E-state index is 12.5. The first kappa shape index (κ1) is 19.9. The number of nitrogens with one attached hydrogen (secondary N) is 2. The predicted molar refractivity (Wildman–Crippen MR) is 118 cm³/mol. The number of para-hydroxylation sites is 1. The van der Waals surface area contributed by atoms with Gasteiger partial charge in [-0.05, 0) is 48.5 Å². The molecule has 0 bridgehead atoms. The van der Waals surface area contributed by atoms with Gasteiger partial charge >= 0.3 is 0 Å². The standard InChI is InChI=1S/C21H17N3O4S2/c1-28-17-8-5-9-18-19(17)22-21(29-18)23-20(25)14-10-12-15(13-11-14)24-30(26,27)16-6-3-2-4-7-16/h2-13,24H,1H3,(H,22,23,25). The van der Waals surface area contributed by atoms with Crippen LogP contribution < -0.4 is 14.8 Å². The molecule has 0 spiro atoms. The number of fused-ring (bicyclic) bond motifs is 1. The number of rotatable bonds is 6. The number of amides is 1. The van der Waals surface area contributed by atoms with E-state index in [9.17, 15) is 13.2 Å². The summed E-state index contributed by atoms with van der Waals surface area (Å²) in [6.07, 6.45) is 0. The molecule has 0 aliphatic heterocycles. The van der Waals surface area contributed by atoms with Crippen LogP contribution in [0.2, 0.25) is 0 Å². The highest BCUT2D eigenvalue weighted by Crippen LogP contribution is 2.32. The van der Waals surface area contributed by atoms with Gasteiger partial charge in [-0.1, -0.05) is 35.6 Å². The summed E-state index contributed by atoms with van der Waals surface area (Å²) >= 11 is 1.34. The summed E-state index contributed by atoms with van der Waals surface area (Å²) in [5.41, 5.74) is 1.43. The second-order valence-electron chi connectivity index (χ2n) is 6.28. The topological polar surface area (TPSA) is 97.4 Å². The van der Waals surface area contributed by atoms with Crippen molar-refractivity contribution in [2.45, 2.75) is 4.90 Å². The van der Waals surface area contributed by atoms with Crippen LogP contribution in [0.25, 0.3) is 10.2 Å². The largest absolute Gasteiger partial charge is 0.494 e. The van der Waals surface area contributed by atoms with Crippen molar-refractivity contribution in [1.29, 1.82) is 0 Å². The molecule has 1 heterocycles. The lowest BCUT2D eigenvalue weighted by molar-refractivity contribution is 0.102. The molecule has 0 radical (unpaired) electrons. The summed E-state index contributed by atoms with van der Waals surface area (Å²) in [4.78, 5) is 17.1. The number of ether oxygens (including phenoxy) is 1. The lowest BCUT2D eigenvalue weighted by atomic mass is 10.2.